The zero-order valence-electron chi connectivity index (χ0n) is 24.0. The molecule has 0 radical (unpaired) electrons. The molecule has 3 aromatic carbocycles. The summed E-state index contributed by atoms with van der Waals surface area (Å²) in [6.07, 6.45) is 6.51. The van der Waals surface area contributed by atoms with Crippen molar-refractivity contribution in [2.75, 3.05) is 26.3 Å². The number of hydrogen-bond acceptors (Lipinski definition) is 5. The number of amides is 1. The van der Waals surface area contributed by atoms with Crippen LogP contribution in [0.3, 0.4) is 0 Å². The Morgan fingerprint density at radius 2 is 1.81 bits per heavy atom. The van der Waals surface area contributed by atoms with Crippen LogP contribution in [0.2, 0.25) is 0 Å². The molecule has 1 amide bonds. The summed E-state index contributed by atoms with van der Waals surface area (Å²) in [5.74, 6) is 0.830. The molecule has 1 aliphatic carbocycles. The molecule has 5 rings (SSSR count). The maximum atomic E-state index is 13.1. The summed E-state index contributed by atoms with van der Waals surface area (Å²) >= 11 is 0. The molecule has 1 fully saturated rings. The number of carbonyl (C=O) groups is 1. The first kappa shape index (κ1) is 29.5. The zero-order chi connectivity index (χ0) is 29.3. The van der Waals surface area contributed by atoms with E-state index in [-0.39, 0.29) is 24.4 Å². The maximum Gasteiger partial charge on any atom is 0.236 e. The fourth-order valence-electron chi connectivity index (χ4n) is 5.83. The number of ether oxygens (including phenoxy) is 1. The first-order valence-electron chi connectivity index (χ1n) is 14.6. The number of allylic oxidation sites excluding steroid dienone is 1. The zero-order valence-corrected chi connectivity index (χ0v) is 24.0. The van der Waals surface area contributed by atoms with Crippen molar-refractivity contribution in [2.45, 2.75) is 51.6 Å². The number of fused-ring (bicyclic) bond motifs is 1. The van der Waals surface area contributed by atoms with Gasteiger partial charge in [-0.3, -0.25) is 19.0 Å². The number of benzene rings is 3. The Kier molecular flexibility index (Phi) is 9.98. The largest absolute Gasteiger partial charge is 0.489 e. The van der Waals surface area contributed by atoms with Crippen LogP contribution in [0.1, 0.15) is 60.4 Å². The van der Waals surface area contributed by atoms with Crippen LogP contribution in [0, 0.1) is 0 Å². The van der Waals surface area contributed by atoms with E-state index in [1.165, 1.54) is 12.5 Å². The van der Waals surface area contributed by atoms with Crippen LogP contribution in [0.25, 0.3) is 11.1 Å². The lowest BCUT2D eigenvalue weighted by molar-refractivity contribution is -0.118. The molecule has 1 aliphatic heterocycles. The number of hydrogen-bond donors (Lipinski definition) is 1. The van der Waals surface area contributed by atoms with E-state index < -0.39 is 0 Å². The average molecular weight is 574 g/mol. The van der Waals surface area contributed by atoms with Gasteiger partial charge in [0.15, 0.2) is 5.75 Å². The smallest absolute Gasteiger partial charge is 0.236 e. The molecule has 0 unspecified atom stereocenters. The monoisotopic (exact) mass is 573 g/mol. The van der Waals surface area contributed by atoms with E-state index in [2.05, 4.69) is 56.8 Å². The van der Waals surface area contributed by atoms with E-state index in [9.17, 15) is 13.7 Å². The average Bonchev–Trinajstić information content (AvgIpc) is 3.37. The second-order valence-electron chi connectivity index (χ2n) is 10.9. The Bertz CT molecular complexity index is 1420. The van der Waals surface area contributed by atoms with Gasteiger partial charge in [-0.1, -0.05) is 42.5 Å². The highest BCUT2D eigenvalue weighted by Crippen LogP contribution is 2.41. The lowest BCUT2D eigenvalue weighted by Gasteiger charge is -2.19. The van der Waals surface area contributed by atoms with Gasteiger partial charge >= 0.3 is 0 Å². The minimum absolute atomic E-state index is 0.102. The summed E-state index contributed by atoms with van der Waals surface area (Å²) in [5, 5.41) is 3.94. The Hall–Kier alpha value is -4.04. The third-order valence-electron chi connectivity index (χ3n) is 7.84. The second-order valence-corrected chi connectivity index (χ2v) is 10.9. The summed E-state index contributed by atoms with van der Waals surface area (Å²) < 4.78 is 31.9. The van der Waals surface area contributed by atoms with E-state index in [0.29, 0.717) is 12.8 Å². The molecule has 220 valence electrons. The summed E-state index contributed by atoms with van der Waals surface area (Å²) in [6.45, 7) is 3.66. The van der Waals surface area contributed by atoms with Crippen molar-refractivity contribution >= 4 is 23.3 Å². The number of nitrogens with one attached hydrogen (secondary N) is 1. The SMILES string of the molecule is CC(=O)N/N=C\Cc1ccc(C2=C(c3ccc(O[C@H]4CCN(CCCF)C4)cc3)c3ccc(OF)cc3CCC2)cc1. The van der Waals surface area contributed by atoms with Gasteiger partial charge in [-0.2, -0.15) is 5.10 Å². The van der Waals surface area contributed by atoms with Crippen molar-refractivity contribution in [1.29, 1.82) is 0 Å². The van der Waals surface area contributed by atoms with Gasteiger partial charge in [0, 0.05) is 43.7 Å². The van der Waals surface area contributed by atoms with Gasteiger partial charge in [0.1, 0.15) is 11.9 Å². The van der Waals surface area contributed by atoms with Gasteiger partial charge in [0.05, 0.1) is 6.67 Å². The van der Waals surface area contributed by atoms with E-state index in [1.54, 1.807) is 18.3 Å². The predicted octanol–water partition coefficient (Wildman–Crippen LogP) is 6.72. The normalized spacial score (nSPS) is 17.3. The molecular weight excluding hydrogens is 536 g/mol. The Morgan fingerprint density at radius 1 is 1.05 bits per heavy atom. The molecule has 0 aromatic heterocycles. The quantitative estimate of drug-likeness (QED) is 0.204. The third-order valence-corrected chi connectivity index (χ3v) is 7.84. The van der Waals surface area contributed by atoms with Crippen molar-refractivity contribution in [3.8, 4) is 11.5 Å². The summed E-state index contributed by atoms with van der Waals surface area (Å²) in [4.78, 5) is 17.4. The van der Waals surface area contributed by atoms with Gasteiger partial charge in [-0.25, -0.2) is 5.43 Å². The summed E-state index contributed by atoms with van der Waals surface area (Å²) in [7, 11) is 0. The highest BCUT2D eigenvalue weighted by Gasteiger charge is 2.24. The standard InChI is InChI=1S/C34H37F2N3O3/c1-24(40)38-37-19-16-25-6-8-26(9-7-25)32-5-2-4-28-22-30(42-36)14-15-33(28)34(32)27-10-12-29(13-11-27)41-31-17-21-39(23-31)20-3-18-35/h6-15,19,22,31H,2-5,16-18,20-21,23H2,1H3,(H,38,40)/b37-19-/t31-/m0/s1. The molecule has 3 aromatic rings. The van der Waals surface area contributed by atoms with E-state index in [1.807, 2.05) is 18.2 Å². The van der Waals surface area contributed by atoms with E-state index in [0.717, 1.165) is 84.5 Å². The fourth-order valence-corrected chi connectivity index (χ4v) is 5.83. The molecule has 42 heavy (non-hydrogen) atoms. The number of nitrogens with zero attached hydrogens (tertiary/aromatic N) is 2. The third kappa shape index (κ3) is 7.42. The second kappa shape index (κ2) is 14.2. The van der Waals surface area contributed by atoms with Crippen molar-refractivity contribution < 1.29 is 23.4 Å². The molecule has 1 atom stereocenters. The molecule has 6 nitrogen and oxygen atoms in total. The van der Waals surface area contributed by atoms with Gasteiger partial charge in [0.2, 0.25) is 5.91 Å². The predicted molar refractivity (Wildman–Crippen MR) is 162 cm³/mol. The minimum Gasteiger partial charge on any atom is -0.489 e. The molecule has 8 heteroatoms. The number of alkyl halides is 1. The molecule has 2 aliphatic rings. The van der Waals surface area contributed by atoms with Gasteiger partial charge in [-0.15, -0.1) is 0 Å². The first-order valence-corrected chi connectivity index (χ1v) is 14.6. The van der Waals surface area contributed by atoms with Crippen LogP contribution in [0.5, 0.6) is 11.5 Å². The molecule has 1 heterocycles. The molecule has 1 saturated heterocycles. The van der Waals surface area contributed by atoms with E-state index >= 15 is 0 Å². The van der Waals surface area contributed by atoms with Gasteiger partial charge in [0.25, 0.3) is 0 Å². The van der Waals surface area contributed by atoms with Crippen LogP contribution in [-0.4, -0.2) is 49.4 Å². The number of aryl methyl sites for hydroxylation is 1. The number of rotatable bonds is 11. The fraction of sp³-hybridized carbons (Fsp3) is 0.353. The number of halogens is 2. The van der Waals surface area contributed by atoms with Crippen LogP contribution >= 0.6 is 0 Å². The van der Waals surface area contributed by atoms with Gasteiger partial charge < -0.3 is 4.74 Å². The molecule has 0 spiro atoms. The first-order chi connectivity index (χ1) is 20.5. The Morgan fingerprint density at radius 3 is 2.55 bits per heavy atom. The van der Waals surface area contributed by atoms with Crippen molar-refractivity contribution in [3.05, 3.63) is 94.5 Å². The molecular formula is C34H37F2N3O3. The molecule has 0 saturated carbocycles. The number of hydrazone groups is 1. The lowest BCUT2D eigenvalue weighted by atomic mass is 9.87. The Balaban J connectivity index is 1.43. The highest BCUT2D eigenvalue weighted by molar-refractivity contribution is 6.00. The summed E-state index contributed by atoms with van der Waals surface area (Å²) in [6, 6.07) is 22.1. The van der Waals surface area contributed by atoms with Crippen LogP contribution in [0.15, 0.2) is 71.8 Å². The minimum atomic E-state index is -0.286. The topological polar surface area (TPSA) is 63.2 Å². The highest BCUT2D eigenvalue weighted by atomic mass is 19.3. The van der Waals surface area contributed by atoms with E-state index in [4.69, 9.17) is 4.74 Å². The van der Waals surface area contributed by atoms with Crippen molar-refractivity contribution in [1.82, 2.24) is 10.3 Å². The van der Waals surface area contributed by atoms with Crippen molar-refractivity contribution in [3.63, 3.8) is 0 Å². The summed E-state index contributed by atoms with van der Waals surface area (Å²) in [5.41, 5.74) is 10.2. The van der Waals surface area contributed by atoms with Crippen LogP contribution in [-0.2, 0) is 17.6 Å². The maximum absolute atomic E-state index is 13.1. The van der Waals surface area contributed by atoms with Gasteiger partial charge in [-0.05, 0) is 95.3 Å². The van der Waals surface area contributed by atoms with Crippen LogP contribution in [0.4, 0.5) is 8.92 Å². The lowest BCUT2D eigenvalue weighted by Crippen LogP contribution is -2.26. The molecule has 1 N–H and O–H groups in total. The number of carbonyl (C=O) groups excluding carboxylic acids is 1. The number of likely N-dealkylation sites (tertiary alicyclic amines) is 1. The van der Waals surface area contributed by atoms with Crippen LogP contribution < -0.4 is 15.1 Å². The molecule has 0 bridgehead atoms. The van der Waals surface area contributed by atoms with Crippen molar-refractivity contribution in [2.24, 2.45) is 5.10 Å². The Labute approximate surface area is 245 Å².